The number of carbonyl (C=O) groups is 2. The molecule has 148 valence electrons. The molecule has 0 saturated carbocycles. The van der Waals surface area contributed by atoms with Crippen LogP contribution in [0.3, 0.4) is 0 Å². The normalized spacial score (nSPS) is 10.1. The maximum atomic E-state index is 12.7. The molecule has 0 aliphatic rings. The molecule has 0 unspecified atom stereocenters. The third kappa shape index (κ3) is 5.59. The summed E-state index contributed by atoms with van der Waals surface area (Å²) in [4.78, 5) is 26.3. The van der Waals surface area contributed by atoms with Crippen LogP contribution in [-0.4, -0.2) is 37.4 Å². The zero-order chi connectivity index (χ0) is 20.6. The highest BCUT2D eigenvalue weighted by atomic mass is 16.5. The van der Waals surface area contributed by atoms with Gasteiger partial charge >= 0.3 is 0 Å². The number of amides is 2. The summed E-state index contributed by atoms with van der Waals surface area (Å²) in [5.41, 5.74) is 1.08. The van der Waals surface area contributed by atoms with Gasteiger partial charge in [0, 0.05) is 18.3 Å². The Balaban J connectivity index is 1.60. The van der Waals surface area contributed by atoms with Crippen LogP contribution in [0.25, 0.3) is 0 Å². The van der Waals surface area contributed by atoms with Crippen LogP contribution in [0.4, 0.5) is 5.69 Å². The van der Waals surface area contributed by atoms with Gasteiger partial charge in [-0.05, 0) is 54.6 Å². The van der Waals surface area contributed by atoms with E-state index in [0.29, 0.717) is 28.5 Å². The first-order valence-corrected chi connectivity index (χ1v) is 9.07. The average molecular weight is 390 g/mol. The number of hydrogen-bond acceptors (Lipinski definition) is 4. The van der Waals surface area contributed by atoms with E-state index in [1.54, 1.807) is 62.7 Å². The number of hydrogen-bond donors (Lipinski definition) is 1. The second-order valence-corrected chi connectivity index (χ2v) is 6.38. The van der Waals surface area contributed by atoms with E-state index in [2.05, 4.69) is 5.32 Å². The van der Waals surface area contributed by atoms with Gasteiger partial charge in [-0.15, -0.1) is 0 Å². The third-order valence-corrected chi connectivity index (χ3v) is 4.16. The molecule has 0 aliphatic heterocycles. The molecular weight excluding hydrogens is 368 g/mol. The number of ether oxygens (including phenoxy) is 2. The number of benzene rings is 3. The zero-order valence-electron chi connectivity index (χ0n) is 16.3. The summed E-state index contributed by atoms with van der Waals surface area (Å²) in [7, 11) is 3.16. The van der Waals surface area contributed by atoms with Crippen molar-refractivity contribution < 1.29 is 19.1 Å². The van der Waals surface area contributed by atoms with Crippen molar-refractivity contribution in [2.45, 2.75) is 0 Å². The number of nitrogens with zero attached hydrogens (tertiary/aromatic N) is 1. The summed E-state index contributed by atoms with van der Waals surface area (Å²) in [5, 5.41) is 2.76. The van der Waals surface area contributed by atoms with Crippen molar-refractivity contribution in [2.24, 2.45) is 0 Å². The number of carbonyl (C=O) groups excluding carboxylic acids is 2. The molecule has 0 aromatic heterocycles. The summed E-state index contributed by atoms with van der Waals surface area (Å²) in [6.07, 6.45) is 0. The lowest BCUT2D eigenvalue weighted by Crippen LogP contribution is -2.34. The van der Waals surface area contributed by atoms with E-state index in [-0.39, 0.29) is 18.4 Å². The molecule has 6 heteroatoms. The van der Waals surface area contributed by atoms with Crippen LogP contribution >= 0.6 is 0 Å². The van der Waals surface area contributed by atoms with Gasteiger partial charge in [-0.2, -0.15) is 0 Å². The van der Waals surface area contributed by atoms with Crippen LogP contribution < -0.4 is 14.8 Å². The molecule has 6 nitrogen and oxygen atoms in total. The highest BCUT2D eigenvalue weighted by molar-refractivity contribution is 5.99. The average Bonchev–Trinajstić information content (AvgIpc) is 2.74. The predicted octanol–water partition coefficient (Wildman–Crippen LogP) is 4.20. The van der Waals surface area contributed by atoms with Gasteiger partial charge in [-0.25, -0.2) is 0 Å². The quantitative estimate of drug-likeness (QED) is 0.657. The lowest BCUT2D eigenvalue weighted by Gasteiger charge is -2.17. The number of anilines is 1. The number of para-hydroxylation sites is 1. The number of methoxy groups -OCH3 is 1. The highest BCUT2D eigenvalue weighted by Crippen LogP contribution is 2.22. The van der Waals surface area contributed by atoms with Gasteiger partial charge in [0.25, 0.3) is 5.91 Å². The largest absolute Gasteiger partial charge is 0.497 e. The second kappa shape index (κ2) is 9.41. The summed E-state index contributed by atoms with van der Waals surface area (Å²) < 4.78 is 10.9. The molecule has 0 spiro atoms. The van der Waals surface area contributed by atoms with Gasteiger partial charge in [-0.1, -0.05) is 24.3 Å². The van der Waals surface area contributed by atoms with E-state index in [0.717, 1.165) is 0 Å². The van der Waals surface area contributed by atoms with Crippen LogP contribution in [0.5, 0.6) is 17.2 Å². The number of nitrogens with one attached hydrogen (secondary N) is 1. The Labute approximate surface area is 169 Å². The van der Waals surface area contributed by atoms with Crippen molar-refractivity contribution in [1.82, 2.24) is 4.90 Å². The minimum atomic E-state index is -0.289. The van der Waals surface area contributed by atoms with Gasteiger partial charge in [0.15, 0.2) is 0 Å². The fraction of sp³-hybridized carbons (Fsp3) is 0.130. The van der Waals surface area contributed by atoms with Crippen LogP contribution in [0.15, 0.2) is 78.9 Å². The summed E-state index contributed by atoms with van der Waals surface area (Å²) in [6.45, 7) is -0.0748. The third-order valence-electron chi connectivity index (χ3n) is 4.16. The molecule has 3 aromatic carbocycles. The van der Waals surface area contributed by atoms with Crippen molar-refractivity contribution in [3.63, 3.8) is 0 Å². The molecule has 0 radical (unpaired) electrons. The standard InChI is InChI=1S/C23H22N2O4/c1-25(16-22(26)24-18-11-13-19(28-2)14-12-18)23(27)17-7-6-10-21(15-17)29-20-8-4-3-5-9-20/h3-15H,16H2,1-2H3,(H,24,26). The van der Waals surface area contributed by atoms with Crippen molar-refractivity contribution in [3.8, 4) is 17.2 Å². The van der Waals surface area contributed by atoms with Crippen molar-refractivity contribution in [3.05, 3.63) is 84.4 Å². The Morgan fingerprint density at radius 3 is 2.24 bits per heavy atom. The molecule has 0 bridgehead atoms. The maximum Gasteiger partial charge on any atom is 0.254 e. The lowest BCUT2D eigenvalue weighted by molar-refractivity contribution is -0.116. The van der Waals surface area contributed by atoms with Crippen molar-refractivity contribution >= 4 is 17.5 Å². The van der Waals surface area contributed by atoms with Crippen molar-refractivity contribution in [2.75, 3.05) is 26.0 Å². The molecule has 1 N–H and O–H groups in total. The minimum Gasteiger partial charge on any atom is -0.497 e. The zero-order valence-corrected chi connectivity index (χ0v) is 16.3. The van der Waals surface area contributed by atoms with E-state index in [1.165, 1.54) is 4.90 Å². The Kier molecular flexibility index (Phi) is 6.47. The Bertz CT molecular complexity index is 972. The SMILES string of the molecule is COc1ccc(NC(=O)CN(C)C(=O)c2cccc(Oc3ccccc3)c2)cc1. The monoisotopic (exact) mass is 390 g/mol. The summed E-state index contributed by atoms with van der Waals surface area (Å²) in [5.74, 6) is 1.38. The van der Waals surface area contributed by atoms with E-state index in [9.17, 15) is 9.59 Å². The molecule has 0 fully saturated rings. The van der Waals surface area contributed by atoms with E-state index in [1.807, 2.05) is 30.3 Å². The summed E-state index contributed by atoms with van der Waals surface area (Å²) >= 11 is 0. The van der Waals surface area contributed by atoms with Gasteiger partial charge in [0.2, 0.25) is 5.91 Å². The Morgan fingerprint density at radius 1 is 0.862 bits per heavy atom. The highest BCUT2D eigenvalue weighted by Gasteiger charge is 2.16. The van der Waals surface area contributed by atoms with Gasteiger partial charge in [-0.3, -0.25) is 9.59 Å². The van der Waals surface area contributed by atoms with E-state index in [4.69, 9.17) is 9.47 Å². The van der Waals surface area contributed by atoms with Crippen LogP contribution in [0.1, 0.15) is 10.4 Å². The molecule has 3 aromatic rings. The van der Waals surface area contributed by atoms with Crippen LogP contribution in [-0.2, 0) is 4.79 Å². The lowest BCUT2D eigenvalue weighted by atomic mass is 10.2. The first-order valence-electron chi connectivity index (χ1n) is 9.07. The first-order chi connectivity index (χ1) is 14.0. The smallest absolute Gasteiger partial charge is 0.254 e. The van der Waals surface area contributed by atoms with Crippen LogP contribution in [0, 0.1) is 0 Å². The van der Waals surface area contributed by atoms with Crippen molar-refractivity contribution in [1.29, 1.82) is 0 Å². The Morgan fingerprint density at radius 2 is 1.55 bits per heavy atom. The van der Waals surface area contributed by atoms with Gasteiger partial charge in [0.1, 0.15) is 17.2 Å². The molecule has 29 heavy (non-hydrogen) atoms. The van der Waals surface area contributed by atoms with Gasteiger partial charge in [0.05, 0.1) is 13.7 Å². The summed E-state index contributed by atoms with van der Waals surface area (Å²) in [6, 6.07) is 23.2. The fourth-order valence-corrected chi connectivity index (χ4v) is 2.70. The molecule has 0 aliphatic carbocycles. The first kappa shape index (κ1) is 19.9. The topological polar surface area (TPSA) is 67.9 Å². The molecule has 3 rings (SSSR count). The number of likely N-dealkylation sites (N-methyl/N-ethyl adjacent to an activating group) is 1. The molecule has 0 heterocycles. The predicted molar refractivity (Wildman–Crippen MR) is 112 cm³/mol. The molecular formula is C23H22N2O4. The Hall–Kier alpha value is -3.80. The molecule has 2 amide bonds. The van der Waals surface area contributed by atoms with E-state index >= 15 is 0 Å². The fourth-order valence-electron chi connectivity index (χ4n) is 2.70. The second-order valence-electron chi connectivity index (χ2n) is 6.38. The van der Waals surface area contributed by atoms with E-state index < -0.39 is 0 Å². The molecule has 0 saturated heterocycles. The minimum absolute atomic E-state index is 0.0748. The van der Waals surface area contributed by atoms with Gasteiger partial charge < -0.3 is 19.7 Å². The van der Waals surface area contributed by atoms with Crippen LogP contribution in [0.2, 0.25) is 0 Å². The molecule has 0 atom stereocenters. The maximum absolute atomic E-state index is 12.7. The number of rotatable bonds is 7.